The van der Waals surface area contributed by atoms with E-state index in [2.05, 4.69) is 5.10 Å². The molecule has 0 radical (unpaired) electrons. The van der Waals surface area contributed by atoms with Gasteiger partial charge in [0.05, 0.1) is 11.4 Å². The highest BCUT2D eigenvalue weighted by molar-refractivity contribution is 5.12. The molecule has 0 spiro atoms. The van der Waals surface area contributed by atoms with Crippen LogP contribution < -0.4 is 5.73 Å². The smallest absolute Gasteiger partial charge is 0.323 e. The molecule has 3 nitrogen and oxygen atoms in total. The topological polar surface area (TPSA) is 43.8 Å². The second-order valence-corrected chi connectivity index (χ2v) is 3.27. The largest absolute Gasteiger partial charge is 0.408 e. The Labute approximate surface area is 79.7 Å². The van der Waals surface area contributed by atoms with E-state index in [1.54, 1.807) is 19.9 Å². The van der Waals surface area contributed by atoms with E-state index in [0.29, 0.717) is 11.4 Å². The quantitative estimate of drug-likeness (QED) is 0.803. The van der Waals surface area contributed by atoms with Gasteiger partial charge in [0.2, 0.25) is 0 Å². The Kier molecular flexibility index (Phi) is 2.84. The van der Waals surface area contributed by atoms with Gasteiger partial charge in [-0.25, -0.2) is 0 Å². The van der Waals surface area contributed by atoms with Crippen molar-refractivity contribution in [1.29, 1.82) is 0 Å². The van der Waals surface area contributed by atoms with Crippen molar-refractivity contribution in [3.63, 3.8) is 0 Å². The Morgan fingerprint density at radius 2 is 2.14 bits per heavy atom. The first-order valence-electron chi connectivity index (χ1n) is 4.16. The van der Waals surface area contributed by atoms with Crippen LogP contribution in [0.4, 0.5) is 13.2 Å². The molecule has 0 aliphatic heterocycles. The lowest BCUT2D eigenvalue weighted by Crippen LogP contribution is -2.22. The molecular formula is C8H12F3N3. The van der Waals surface area contributed by atoms with E-state index < -0.39 is 18.8 Å². The zero-order valence-corrected chi connectivity index (χ0v) is 7.97. The van der Waals surface area contributed by atoms with Crippen molar-refractivity contribution in [3.05, 3.63) is 17.5 Å². The molecule has 1 heterocycles. The summed E-state index contributed by atoms with van der Waals surface area (Å²) in [5.41, 5.74) is 6.46. The maximum atomic E-state index is 12.1. The highest BCUT2D eigenvalue weighted by Gasteiger charge is 2.30. The Balaban J connectivity index is 2.96. The van der Waals surface area contributed by atoms with Gasteiger partial charge in [-0.15, -0.1) is 0 Å². The number of aromatic nitrogens is 2. The van der Waals surface area contributed by atoms with Crippen LogP contribution in [0.1, 0.15) is 24.4 Å². The molecule has 0 fully saturated rings. The van der Waals surface area contributed by atoms with Crippen molar-refractivity contribution in [3.8, 4) is 0 Å². The molecule has 0 unspecified atom stereocenters. The van der Waals surface area contributed by atoms with Gasteiger partial charge in [0, 0.05) is 6.04 Å². The molecule has 80 valence electrons. The van der Waals surface area contributed by atoms with E-state index in [1.807, 2.05) is 0 Å². The third kappa shape index (κ3) is 2.73. The monoisotopic (exact) mass is 207 g/mol. The molecule has 0 aliphatic rings. The van der Waals surface area contributed by atoms with Crippen molar-refractivity contribution in [2.24, 2.45) is 5.73 Å². The summed E-state index contributed by atoms with van der Waals surface area (Å²) in [4.78, 5) is 0. The molecule has 0 aliphatic carbocycles. The molecule has 1 rings (SSSR count). The number of aryl methyl sites for hydroxylation is 1. The van der Waals surface area contributed by atoms with Gasteiger partial charge in [0.15, 0.2) is 0 Å². The normalized spacial score (nSPS) is 14.4. The Hall–Kier alpha value is -1.04. The first-order chi connectivity index (χ1) is 6.29. The molecular weight excluding hydrogens is 195 g/mol. The minimum Gasteiger partial charge on any atom is -0.323 e. The van der Waals surface area contributed by atoms with Crippen LogP contribution in [0.3, 0.4) is 0 Å². The maximum Gasteiger partial charge on any atom is 0.408 e. The average Bonchev–Trinajstić information content (AvgIpc) is 2.27. The van der Waals surface area contributed by atoms with E-state index >= 15 is 0 Å². The number of hydrogen-bond acceptors (Lipinski definition) is 2. The molecule has 0 saturated carbocycles. The third-order valence-corrected chi connectivity index (χ3v) is 1.73. The Morgan fingerprint density at radius 1 is 1.57 bits per heavy atom. The van der Waals surface area contributed by atoms with E-state index in [4.69, 9.17) is 5.73 Å². The second-order valence-electron chi connectivity index (χ2n) is 3.27. The van der Waals surface area contributed by atoms with Gasteiger partial charge in [-0.2, -0.15) is 18.3 Å². The maximum absolute atomic E-state index is 12.1. The summed E-state index contributed by atoms with van der Waals surface area (Å²) >= 11 is 0. The SMILES string of the molecule is Cc1cc([C@@H](C)N)n(CC(F)(F)F)n1. The van der Waals surface area contributed by atoms with Crippen LogP contribution >= 0.6 is 0 Å². The van der Waals surface area contributed by atoms with Crippen molar-refractivity contribution in [2.45, 2.75) is 32.6 Å². The lowest BCUT2D eigenvalue weighted by atomic mass is 10.2. The Morgan fingerprint density at radius 3 is 2.57 bits per heavy atom. The van der Waals surface area contributed by atoms with Gasteiger partial charge in [-0.3, -0.25) is 4.68 Å². The summed E-state index contributed by atoms with van der Waals surface area (Å²) in [6, 6.07) is 1.12. The van der Waals surface area contributed by atoms with E-state index in [9.17, 15) is 13.2 Å². The summed E-state index contributed by atoms with van der Waals surface area (Å²) < 4.78 is 37.2. The van der Waals surface area contributed by atoms with Gasteiger partial charge >= 0.3 is 6.18 Å². The zero-order chi connectivity index (χ0) is 10.9. The number of nitrogens with zero attached hydrogens (tertiary/aromatic N) is 2. The molecule has 14 heavy (non-hydrogen) atoms. The molecule has 6 heteroatoms. The number of alkyl halides is 3. The van der Waals surface area contributed by atoms with Crippen LogP contribution in [0.2, 0.25) is 0 Å². The fourth-order valence-corrected chi connectivity index (χ4v) is 1.23. The van der Waals surface area contributed by atoms with Crippen LogP contribution in [0.25, 0.3) is 0 Å². The van der Waals surface area contributed by atoms with Gasteiger partial charge in [0.1, 0.15) is 6.54 Å². The summed E-state index contributed by atoms with van der Waals surface area (Å²) in [6.45, 7) is 2.18. The lowest BCUT2D eigenvalue weighted by Gasteiger charge is -2.11. The van der Waals surface area contributed by atoms with Crippen LogP contribution in [0.15, 0.2) is 6.07 Å². The zero-order valence-electron chi connectivity index (χ0n) is 7.97. The Bertz CT molecular complexity index is 314. The summed E-state index contributed by atoms with van der Waals surface area (Å²) in [5.74, 6) is 0. The van der Waals surface area contributed by atoms with Gasteiger partial charge in [-0.1, -0.05) is 0 Å². The molecule has 0 aromatic carbocycles. The molecule has 1 aromatic rings. The fraction of sp³-hybridized carbons (Fsp3) is 0.625. The number of rotatable bonds is 2. The predicted molar refractivity (Wildman–Crippen MR) is 45.6 cm³/mol. The number of halogens is 3. The van der Waals surface area contributed by atoms with Crippen LogP contribution in [-0.2, 0) is 6.54 Å². The summed E-state index contributed by atoms with van der Waals surface area (Å²) in [7, 11) is 0. The van der Waals surface area contributed by atoms with Crippen LogP contribution in [0.5, 0.6) is 0 Å². The third-order valence-electron chi connectivity index (χ3n) is 1.73. The van der Waals surface area contributed by atoms with Gasteiger partial charge < -0.3 is 5.73 Å². The minimum absolute atomic E-state index is 0.403. The molecule has 1 aromatic heterocycles. The van der Waals surface area contributed by atoms with E-state index in [-0.39, 0.29) is 0 Å². The average molecular weight is 207 g/mol. The molecule has 0 amide bonds. The first-order valence-corrected chi connectivity index (χ1v) is 4.16. The van der Waals surface area contributed by atoms with Gasteiger partial charge in [-0.05, 0) is 19.9 Å². The number of nitrogens with two attached hydrogens (primary N) is 1. The van der Waals surface area contributed by atoms with E-state index in [1.165, 1.54) is 0 Å². The van der Waals surface area contributed by atoms with Crippen LogP contribution in [-0.4, -0.2) is 16.0 Å². The fourth-order valence-electron chi connectivity index (χ4n) is 1.23. The standard InChI is InChI=1S/C8H12F3N3/c1-5-3-7(6(2)12)14(13-5)4-8(9,10)11/h3,6H,4,12H2,1-2H3/t6-/m1/s1. The van der Waals surface area contributed by atoms with Crippen molar-refractivity contribution < 1.29 is 13.2 Å². The van der Waals surface area contributed by atoms with Crippen molar-refractivity contribution in [2.75, 3.05) is 0 Å². The molecule has 0 bridgehead atoms. The number of hydrogen-bond donors (Lipinski definition) is 1. The summed E-state index contributed by atoms with van der Waals surface area (Å²) in [5, 5.41) is 3.73. The van der Waals surface area contributed by atoms with E-state index in [0.717, 1.165) is 4.68 Å². The molecule has 0 saturated heterocycles. The molecule has 1 atom stereocenters. The highest BCUT2D eigenvalue weighted by atomic mass is 19.4. The van der Waals surface area contributed by atoms with Crippen molar-refractivity contribution in [1.82, 2.24) is 9.78 Å². The highest BCUT2D eigenvalue weighted by Crippen LogP contribution is 2.20. The van der Waals surface area contributed by atoms with Crippen molar-refractivity contribution >= 4 is 0 Å². The second kappa shape index (κ2) is 3.61. The predicted octanol–water partition coefficient (Wildman–Crippen LogP) is 1.77. The lowest BCUT2D eigenvalue weighted by molar-refractivity contribution is -0.143. The summed E-state index contributed by atoms with van der Waals surface area (Å²) in [6.07, 6.45) is -4.26. The minimum atomic E-state index is -4.26. The van der Waals surface area contributed by atoms with Gasteiger partial charge in [0.25, 0.3) is 0 Å². The van der Waals surface area contributed by atoms with Crippen LogP contribution in [0, 0.1) is 6.92 Å². The first kappa shape index (κ1) is 11.0. The molecule has 2 N–H and O–H groups in total.